The van der Waals surface area contributed by atoms with Crippen LogP contribution >= 0.6 is 0 Å². The van der Waals surface area contributed by atoms with Gasteiger partial charge in [-0.3, -0.25) is 4.79 Å². The molecule has 0 radical (unpaired) electrons. The summed E-state index contributed by atoms with van der Waals surface area (Å²) in [6, 6.07) is 9.68. The van der Waals surface area contributed by atoms with Crippen molar-refractivity contribution in [2.45, 2.75) is 58.0 Å². The lowest BCUT2D eigenvalue weighted by Crippen LogP contribution is -2.47. The maximum atomic E-state index is 11.5. The van der Waals surface area contributed by atoms with Gasteiger partial charge < -0.3 is 10.4 Å². The van der Waals surface area contributed by atoms with Gasteiger partial charge in [-0.15, -0.1) is 0 Å². The molecule has 0 aromatic heterocycles. The minimum Gasteiger partial charge on any atom is -0.480 e. The fourth-order valence-electron chi connectivity index (χ4n) is 3.19. The van der Waals surface area contributed by atoms with Gasteiger partial charge in [0.2, 0.25) is 0 Å². The number of carboxylic acid groups (broad SMARTS) is 1. The second kappa shape index (κ2) is 6.40. The quantitative estimate of drug-likeness (QED) is 0.867. The van der Waals surface area contributed by atoms with Crippen LogP contribution in [0.25, 0.3) is 0 Å². The molecular weight excluding hydrogens is 250 g/mol. The van der Waals surface area contributed by atoms with Gasteiger partial charge in [0.05, 0.1) is 0 Å². The standard InChI is InChI=1S/C17H25NO2/c1-17(2)10-6-9-14(12-17)18-15(16(19)20)11-13-7-4-3-5-8-13/h3-5,7-8,14-15,18H,6,9-12H2,1-2H3,(H,19,20)/t14?,15-/m0/s1. The summed E-state index contributed by atoms with van der Waals surface area (Å²) in [4.78, 5) is 11.5. The van der Waals surface area contributed by atoms with Crippen LogP contribution in [0.15, 0.2) is 30.3 Å². The second-order valence-electron chi connectivity index (χ2n) is 6.70. The molecule has 2 atom stereocenters. The minimum absolute atomic E-state index is 0.323. The monoisotopic (exact) mass is 275 g/mol. The zero-order chi connectivity index (χ0) is 14.6. The Balaban J connectivity index is 1.97. The van der Waals surface area contributed by atoms with Crippen LogP contribution in [0.4, 0.5) is 0 Å². The van der Waals surface area contributed by atoms with Gasteiger partial charge in [-0.25, -0.2) is 0 Å². The van der Waals surface area contributed by atoms with Crippen molar-refractivity contribution in [3.05, 3.63) is 35.9 Å². The molecule has 2 rings (SSSR count). The Kier molecular flexibility index (Phi) is 4.81. The molecule has 1 saturated carbocycles. The topological polar surface area (TPSA) is 49.3 Å². The Morgan fingerprint density at radius 1 is 1.40 bits per heavy atom. The van der Waals surface area contributed by atoms with Crippen LogP contribution < -0.4 is 5.32 Å². The Morgan fingerprint density at radius 3 is 2.70 bits per heavy atom. The van der Waals surface area contributed by atoms with E-state index in [4.69, 9.17) is 0 Å². The summed E-state index contributed by atoms with van der Waals surface area (Å²) in [5.41, 5.74) is 1.40. The fraction of sp³-hybridized carbons (Fsp3) is 0.588. The Bertz CT molecular complexity index is 442. The number of nitrogens with one attached hydrogen (secondary N) is 1. The van der Waals surface area contributed by atoms with Crippen molar-refractivity contribution in [2.75, 3.05) is 0 Å². The molecule has 0 saturated heterocycles. The van der Waals surface area contributed by atoms with E-state index in [1.807, 2.05) is 30.3 Å². The van der Waals surface area contributed by atoms with Crippen molar-refractivity contribution in [1.82, 2.24) is 5.32 Å². The minimum atomic E-state index is -0.753. The molecule has 0 heterocycles. The summed E-state index contributed by atoms with van der Waals surface area (Å²) in [6.07, 6.45) is 5.12. The summed E-state index contributed by atoms with van der Waals surface area (Å²) in [5.74, 6) is -0.753. The molecule has 1 unspecified atom stereocenters. The van der Waals surface area contributed by atoms with Crippen LogP contribution in [-0.2, 0) is 11.2 Å². The maximum Gasteiger partial charge on any atom is 0.321 e. The highest BCUT2D eigenvalue weighted by Crippen LogP contribution is 2.35. The lowest BCUT2D eigenvalue weighted by Gasteiger charge is -2.37. The molecule has 1 aliphatic rings. The van der Waals surface area contributed by atoms with Gasteiger partial charge in [0.25, 0.3) is 0 Å². The Labute approximate surface area is 121 Å². The molecular formula is C17H25NO2. The fourth-order valence-corrected chi connectivity index (χ4v) is 3.19. The van der Waals surface area contributed by atoms with Crippen molar-refractivity contribution >= 4 is 5.97 Å². The predicted molar refractivity (Wildman–Crippen MR) is 80.7 cm³/mol. The largest absolute Gasteiger partial charge is 0.480 e. The number of carbonyl (C=O) groups is 1. The van der Waals surface area contributed by atoms with Gasteiger partial charge in [0.1, 0.15) is 6.04 Å². The van der Waals surface area contributed by atoms with Crippen molar-refractivity contribution in [1.29, 1.82) is 0 Å². The number of benzene rings is 1. The molecule has 3 nitrogen and oxygen atoms in total. The summed E-state index contributed by atoms with van der Waals surface area (Å²) in [6.45, 7) is 4.54. The number of aliphatic carboxylic acids is 1. The van der Waals surface area contributed by atoms with Gasteiger partial charge in [-0.05, 0) is 36.7 Å². The smallest absolute Gasteiger partial charge is 0.321 e. The predicted octanol–water partition coefficient (Wildman–Crippen LogP) is 3.24. The molecule has 0 aliphatic heterocycles. The van der Waals surface area contributed by atoms with Gasteiger partial charge >= 0.3 is 5.97 Å². The van der Waals surface area contributed by atoms with Crippen LogP contribution in [0.2, 0.25) is 0 Å². The average molecular weight is 275 g/mol. The van der Waals surface area contributed by atoms with E-state index in [1.165, 1.54) is 12.8 Å². The lowest BCUT2D eigenvalue weighted by atomic mass is 9.75. The van der Waals surface area contributed by atoms with E-state index in [0.717, 1.165) is 18.4 Å². The molecule has 3 heteroatoms. The highest BCUT2D eigenvalue weighted by molar-refractivity contribution is 5.74. The molecule has 0 spiro atoms. The van der Waals surface area contributed by atoms with E-state index in [9.17, 15) is 9.90 Å². The van der Waals surface area contributed by atoms with Crippen LogP contribution in [0.1, 0.15) is 45.1 Å². The molecule has 0 amide bonds. The van der Waals surface area contributed by atoms with E-state index >= 15 is 0 Å². The average Bonchev–Trinajstić information content (AvgIpc) is 2.38. The van der Waals surface area contributed by atoms with Gasteiger partial charge in [-0.1, -0.05) is 50.6 Å². The van der Waals surface area contributed by atoms with E-state index in [0.29, 0.717) is 17.9 Å². The van der Waals surface area contributed by atoms with Crippen molar-refractivity contribution in [3.63, 3.8) is 0 Å². The van der Waals surface area contributed by atoms with Crippen LogP contribution in [0.3, 0.4) is 0 Å². The number of hydrogen-bond donors (Lipinski definition) is 2. The highest BCUT2D eigenvalue weighted by Gasteiger charge is 2.30. The molecule has 2 N–H and O–H groups in total. The summed E-state index contributed by atoms with van der Waals surface area (Å²) >= 11 is 0. The molecule has 1 aliphatic carbocycles. The summed E-state index contributed by atoms with van der Waals surface area (Å²) in [7, 11) is 0. The molecule has 1 fully saturated rings. The van der Waals surface area contributed by atoms with Gasteiger partial charge in [0.15, 0.2) is 0 Å². The van der Waals surface area contributed by atoms with Crippen molar-refractivity contribution in [2.24, 2.45) is 5.41 Å². The van der Waals surface area contributed by atoms with Crippen LogP contribution in [0, 0.1) is 5.41 Å². The Hall–Kier alpha value is -1.35. The molecule has 1 aromatic carbocycles. The molecule has 1 aromatic rings. The lowest BCUT2D eigenvalue weighted by molar-refractivity contribution is -0.139. The van der Waals surface area contributed by atoms with Gasteiger partial charge in [0, 0.05) is 6.04 Å². The van der Waals surface area contributed by atoms with Crippen molar-refractivity contribution in [3.8, 4) is 0 Å². The molecule has 20 heavy (non-hydrogen) atoms. The first-order valence-electron chi connectivity index (χ1n) is 7.49. The van der Waals surface area contributed by atoms with Crippen LogP contribution in [-0.4, -0.2) is 23.2 Å². The van der Waals surface area contributed by atoms with E-state index < -0.39 is 12.0 Å². The summed E-state index contributed by atoms with van der Waals surface area (Å²) < 4.78 is 0. The Morgan fingerprint density at radius 2 is 2.10 bits per heavy atom. The molecule has 0 bridgehead atoms. The molecule has 110 valence electrons. The van der Waals surface area contributed by atoms with E-state index in [-0.39, 0.29) is 0 Å². The first-order chi connectivity index (χ1) is 9.46. The normalized spacial score (nSPS) is 23.2. The van der Waals surface area contributed by atoms with E-state index in [1.54, 1.807) is 0 Å². The van der Waals surface area contributed by atoms with Crippen LogP contribution in [0.5, 0.6) is 0 Å². The number of hydrogen-bond acceptors (Lipinski definition) is 2. The zero-order valence-corrected chi connectivity index (χ0v) is 12.4. The highest BCUT2D eigenvalue weighted by atomic mass is 16.4. The third-order valence-corrected chi connectivity index (χ3v) is 4.22. The summed E-state index contributed by atoms with van der Waals surface area (Å²) in [5, 5.41) is 12.8. The number of rotatable bonds is 5. The van der Waals surface area contributed by atoms with E-state index in [2.05, 4.69) is 19.2 Å². The second-order valence-corrected chi connectivity index (χ2v) is 6.70. The first-order valence-corrected chi connectivity index (χ1v) is 7.49. The van der Waals surface area contributed by atoms with Gasteiger partial charge in [-0.2, -0.15) is 0 Å². The SMILES string of the molecule is CC1(C)CCCC(N[C@@H](Cc2ccccc2)C(=O)O)C1. The third kappa shape index (κ3) is 4.34. The number of carboxylic acids is 1. The first kappa shape index (κ1) is 15.0. The maximum absolute atomic E-state index is 11.5. The third-order valence-electron chi connectivity index (χ3n) is 4.22. The zero-order valence-electron chi connectivity index (χ0n) is 12.4. The van der Waals surface area contributed by atoms with Crippen molar-refractivity contribution < 1.29 is 9.90 Å².